The molecule has 28 heavy (non-hydrogen) atoms. The standard InChI is InChI=1S/C20H29N5OS.HI/c1-15(2)18-24-17(26-25-18)10-7-13-22-19(21-3)23-14-20(11-12-20)27-16-8-5-4-6-9-16;/h4-6,8-9,15H,7,10-14H2,1-3H3,(H2,21,22,23);1H. The minimum absolute atomic E-state index is 0. The highest BCUT2D eigenvalue weighted by Crippen LogP contribution is 2.51. The number of halogens is 1. The Kier molecular flexibility index (Phi) is 9.07. The van der Waals surface area contributed by atoms with Gasteiger partial charge in [0.05, 0.1) is 0 Å². The van der Waals surface area contributed by atoms with Gasteiger partial charge in [0.1, 0.15) is 0 Å². The Hall–Kier alpha value is -1.29. The third-order valence-electron chi connectivity index (χ3n) is 4.55. The average molecular weight is 515 g/mol. The van der Waals surface area contributed by atoms with Gasteiger partial charge in [-0.1, -0.05) is 37.2 Å². The van der Waals surface area contributed by atoms with Crippen LogP contribution in [0.5, 0.6) is 0 Å². The van der Waals surface area contributed by atoms with E-state index in [1.165, 1.54) is 17.7 Å². The van der Waals surface area contributed by atoms with E-state index in [1.807, 2.05) is 18.8 Å². The molecule has 154 valence electrons. The predicted octanol–water partition coefficient (Wildman–Crippen LogP) is 4.23. The minimum atomic E-state index is 0. The topological polar surface area (TPSA) is 75.3 Å². The summed E-state index contributed by atoms with van der Waals surface area (Å²) >= 11 is 1.97. The van der Waals surface area contributed by atoms with Crippen molar-refractivity contribution in [3.8, 4) is 0 Å². The van der Waals surface area contributed by atoms with E-state index in [2.05, 4.69) is 69.9 Å². The lowest BCUT2D eigenvalue weighted by Gasteiger charge is -2.18. The maximum Gasteiger partial charge on any atom is 0.226 e. The maximum atomic E-state index is 5.28. The van der Waals surface area contributed by atoms with Gasteiger partial charge in [0.15, 0.2) is 11.8 Å². The van der Waals surface area contributed by atoms with E-state index in [4.69, 9.17) is 4.52 Å². The van der Waals surface area contributed by atoms with Crippen LogP contribution in [0.3, 0.4) is 0 Å². The van der Waals surface area contributed by atoms with Gasteiger partial charge in [-0.3, -0.25) is 4.99 Å². The van der Waals surface area contributed by atoms with E-state index >= 15 is 0 Å². The molecule has 1 saturated carbocycles. The zero-order valence-electron chi connectivity index (χ0n) is 16.8. The molecule has 0 saturated heterocycles. The molecule has 2 aromatic rings. The summed E-state index contributed by atoms with van der Waals surface area (Å²) < 4.78 is 5.58. The lowest BCUT2D eigenvalue weighted by Crippen LogP contribution is -2.41. The summed E-state index contributed by atoms with van der Waals surface area (Å²) in [6, 6.07) is 10.6. The molecule has 1 fully saturated rings. The van der Waals surface area contributed by atoms with Gasteiger partial charge in [0, 0.05) is 42.1 Å². The van der Waals surface area contributed by atoms with E-state index in [0.717, 1.165) is 37.7 Å². The Morgan fingerprint density at radius 3 is 2.61 bits per heavy atom. The first-order chi connectivity index (χ1) is 13.1. The molecule has 0 unspecified atom stereocenters. The zero-order valence-corrected chi connectivity index (χ0v) is 19.9. The summed E-state index contributed by atoms with van der Waals surface area (Å²) in [6.45, 7) is 5.87. The molecule has 8 heteroatoms. The van der Waals surface area contributed by atoms with Gasteiger partial charge in [0.2, 0.25) is 5.89 Å². The summed E-state index contributed by atoms with van der Waals surface area (Å²) in [6.07, 6.45) is 4.18. The lowest BCUT2D eigenvalue weighted by molar-refractivity contribution is 0.368. The second-order valence-electron chi connectivity index (χ2n) is 7.26. The highest BCUT2D eigenvalue weighted by atomic mass is 127. The van der Waals surface area contributed by atoms with Crippen LogP contribution in [0.2, 0.25) is 0 Å². The summed E-state index contributed by atoms with van der Waals surface area (Å²) in [7, 11) is 1.81. The molecule has 1 aromatic heterocycles. The van der Waals surface area contributed by atoms with Gasteiger partial charge in [-0.25, -0.2) is 0 Å². The molecule has 0 aliphatic heterocycles. The van der Waals surface area contributed by atoms with Crippen molar-refractivity contribution in [3.63, 3.8) is 0 Å². The van der Waals surface area contributed by atoms with Crippen LogP contribution in [0.4, 0.5) is 0 Å². The number of hydrogen-bond donors (Lipinski definition) is 2. The van der Waals surface area contributed by atoms with Crippen molar-refractivity contribution in [2.75, 3.05) is 20.1 Å². The first-order valence-electron chi connectivity index (χ1n) is 9.61. The van der Waals surface area contributed by atoms with Crippen LogP contribution >= 0.6 is 35.7 Å². The van der Waals surface area contributed by atoms with Crippen LogP contribution in [-0.2, 0) is 6.42 Å². The highest BCUT2D eigenvalue weighted by molar-refractivity contribution is 14.0. The summed E-state index contributed by atoms with van der Waals surface area (Å²) in [5, 5.41) is 10.8. The number of nitrogens with zero attached hydrogens (tertiary/aromatic N) is 3. The van der Waals surface area contributed by atoms with Crippen molar-refractivity contribution in [1.82, 2.24) is 20.8 Å². The van der Waals surface area contributed by atoms with E-state index in [-0.39, 0.29) is 24.0 Å². The Bertz CT molecular complexity index is 746. The maximum absolute atomic E-state index is 5.28. The molecule has 0 atom stereocenters. The normalized spacial score (nSPS) is 15.2. The van der Waals surface area contributed by atoms with Gasteiger partial charge in [0.25, 0.3) is 0 Å². The number of guanidine groups is 1. The molecule has 1 aliphatic carbocycles. The first-order valence-corrected chi connectivity index (χ1v) is 10.4. The summed E-state index contributed by atoms with van der Waals surface area (Å²) in [4.78, 5) is 10.1. The van der Waals surface area contributed by atoms with Crippen molar-refractivity contribution in [1.29, 1.82) is 0 Å². The largest absolute Gasteiger partial charge is 0.356 e. The Morgan fingerprint density at radius 1 is 1.25 bits per heavy atom. The van der Waals surface area contributed by atoms with Gasteiger partial charge in [-0.05, 0) is 31.4 Å². The fraction of sp³-hybridized carbons (Fsp3) is 0.550. The van der Waals surface area contributed by atoms with Gasteiger partial charge >= 0.3 is 0 Å². The zero-order chi connectivity index (χ0) is 19.1. The third-order valence-corrected chi connectivity index (χ3v) is 6.04. The number of thioether (sulfide) groups is 1. The Labute approximate surface area is 188 Å². The summed E-state index contributed by atoms with van der Waals surface area (Å²) in [5.41, 5.74) is 0. The van der Waals surface area contributed by atoms with Crippen LogP contribution < -0.4 is 10.6 Å². The molecule has 1 heterocycles. The molecule has 1 aromatic carbocycles. The van der Waals surface area contributed by atoms with E-state index in [9.17, 15) is 0 Å². The molecule has 0 spiro atoms. The summed E-state index contributed by atoms with van der Waals surface area (Å²) in [5.74, 6) is 2.64. The van der Waals surface area contributed by atoms with Gasteiger partial charge < -0.3 is 15.2 Å². The molecule has 3 rings (SSSR count). The lowest BCUT2D eigenvalue weighted by atomic mass is 10.2. The van der Waals surface area contributed by atoms with Crippen LogP contribution in [0, 0.1) is 0 Å². The number of aromatic nitrogens is 2. The van der Waals surface area contributed by atoms with Crippen LogP contribution in [0.15, 0.2) is 44.7 Å². The first kappa shape index (κ1) is 23.0. The smallest absolute Gasteiger partial charge is 0.226 e. The average Bonchev–Trinajstić information content (AvgIpc) is 3.26. The molecule has 6 nitrogen and oxygen atoms in total. The second kappa shape index (κ2) is 11.0. The number of nitrogens with one attached hydrogen (secondary N) is 2. The van der Waals surface area contributed by atoms with E-state index < -0.39 is 0 Å². The van der Waals surface area contributed by atoms with Crippen LogP contribution in [0.25, 0.3) is 0 Å². The SMILES string of the molecule is CN=C(NCCCc1nc(C(C)C)no1)NCC1(Sc2ccccc2)CC1.I. The van der Waals surface area contributed by atoms with Crippen molar-refractivity contribution < 1.29 is 4.52 Å². The molecule has 0 radical (unpaired) electrons. The van der Waals surface area contributed by atoms with Crippen LogP contribution in [-0.4, -0.2) is 41.0 Å². The second-order valence-corrected chi connectivity index (χ2v) is 8.80. The molecule has 0 bridgehead atoms. The van der Waals surface area contributed by atoms with Crippen molar-refractivity contribution in [3.05, 3.63) is 42.0 Å². The van der Waals surface area contributed by atoms with Crippen molar-refractivity contribution in [2.24, 2.45) is 4.99 Å². The van der Waals surface area contributed by atoms with E-state index in [0.29, 0.717) is 16.6 Å². The third kappa shape index (κ3) is 6.95. The number of rotatable bonds is 9. The predicted molar refractivity (Wildman–Crippen MR) is 126 cm³/mol. The molecular formula is C20H30IN5OS. The van der Waals surface area contributed by atoms with Crippen LogP contribution in [0.1, 0.15) is 50.7 Å². The Morgan fingerprint density at radius 2 is 2.00 bits per heavy atom. The van der Waals surface area contributed by atoms with Crippen molar-refractivity contribution in [2.45, 2.75) is 55.1 Å². The fourth-order valence-corrected chi connectivity index (χ4v) is 3.95. The molecule has 1 aliphatic rings. The number of aryl methyl sites for hydroxylation is 1. The molecule has 0 amide bonds. The number of benzene rings is 1. The number of aliphatic imine (C=N–C) groups is 1. The van der Waals surface area contributed by atoms with Gasteiger partial charge in [-0.2, -0.15) is 4.98 Å². The Balaban J connectivity index is 0.00000280. The number of hydrogen-bond acceptors (Lipinski definition) is 5. The van der Waals surface area contributed by atoms with Gasteiger partial charge in [-0.15, -0.1) is 35.7 Å². The minimum Gasteiger partial charge on any atom is -0.356 e. The van der Waals surface area contributed by atoms with E-state index in [1.54, 1.807) is 0 Å². The van der Waals surface area contributed by atoms with Crippen molar-refractivity contribution >= 4 is 41.7 Å². The molecule has 2 N–H and O–H groups in total. The highest BCUT2D eigenvalue weighted by Gasteiger charge is 2.43. The molecular weight excluding hydrogens is 485 g/mol. The quantitative estimate of drug-likeness (QED) is 0.225. The fourth-order valence-electron chi connectivity index (χ4n) is 2.71. The monoisotopic (exact) mass is 515 g/mol.